The molecule has 0 aliphatic heterocycles. The van der Waals surface area contributed by atoms with E-state index in [1.165, 1.54) is 15.5 Å². The lowest BCUT2D eigenvalue weighted by Gasteiger charge is -2.12. The van der Waals surface area contributed by atoms with Crippen LogP contribution in [0.2, 0.25) is 0 Å². The number of hydrogen-bond acceptors (Lipinski definition) is 11. The molecule has 25 rings (SSSR count). The highest BCUT2D eigenvalue weighted by Crippen LogP contribution is 2.49. The monoisotopic (exact) mass is 1490 g/mol. The van der Waals surface area contributed by atoms with Crippen LogP contribution in [0.15, 0.2) is 357 Å². The van der Waals surface area contributed by atoms with Gasteiger partial charge in [-0.15, -0.1) is 11.3 Å². The third-order valence-electron chi connectivity index (χ3n) is 23.0. The van der Waals surface area contributed by atoms with Crippen LogP contribution in [0.1, 0.15) is 0 Å². The molecule has 0 aliphatic carbocycles. The molecule has 12 nitrogen and oxygen atoms in total. The predicted molar refractivity (Wildman–Crippen MR) is 467 cm³/mol. The fraction of sp³-hybridized carbons (Fsp3) is 0. The lowest BCUT2D eigenvalue weighted by Crippen LogP contribution is -2.00. The Morgan fingerprint density at radius 2 is 0.687 bits per heavy atom. The van der Waals surface area contributed by atoms with Gasteiger partial charge in [-0.25, -0.2) is 29.9 Å². The number of nitrogens with zero attached hydrogens (tertiary/aromatic N) is 8. The van der Waals surface area contributed by atoms with Gasteiger partial charge in [-0.1, -0.05) is 212 Å². The van der Waals surface area contributed by atoms with Gasteiger partial charge in [-0.05, 0) is 126 Å². The van der Waals surface area contributed by atoms with E-state index < -0.39 is 0 Å². The van der Waals surface area contributed by atoms with E-state index in [-0.39, 0.29) is 0 Å². The molecular weight excluding hydrogens is 1430 g/mol. The number of benzene rings is 16. The van der Waals surface area contributed by atoms with Crippen LogP contribution >= 0.6 is 11.3 Å². The molecule has 13 heteroatoms. The Balaban J connectivity index is 0.603. The summed E-state index contributed by atoms with van der Waals surface area (Å²) in [5.74, 6) is 3.54. The number of furan rings is 4. The zero-order valence-corrected chi connectivity index (χ0v) is 61.8. The van der Waals surface area contributed by atoms with Crippen molar-refractivity contribution in [2.24, 2.45) is 0 Å². The second-order valence-electron chi connectivity index (χ2n) is 29.5. The van der Waals surface area contributed by atoms with Gasteiger partial charge < -0.3 is 26.8 Å². The van der Waals surface area contributed by atoms with Crippen LogP contribution in [0.5, 0.6) is 0 Å². The van der Waals surface area contributed by atoms with Crippen molar-refractivity contribution in [1.29, 1.82) is 0 Å². The molecule has 0 saturated carbocycles. The molecule has 0 unspecified atom stereocenters. The van der Waals surface area contributed by atoms with Crippen LogP contribution in [0.4, 0.5) is 0 Å². The molecule has 9 aromatic heterocycles. The minimum atomic E-state index is 0.561. The first-order valence-corrected chi connectivity index (χ1v) is 39.2. The lowest BCUT2D eigenvalue weighted by atomic mass is 9.98. The van der Waals surface area contributed by atoms with E-state index in [1.54, 1.807) is 11.3 Å². The molecule has 0 saturated heterocycles. The molecule has 0 radical (unpaired) electrons. The number of aromatic nitrogens is 8. The zero-order chi connectivity index (χ0) is 75.1. The summed E-state index contributed by atoms with van der Waals surface area (Å²) in [5.41, 5.74) is 21.8. The molecule has 0 amide bonds. The van der Waals surface area contributed by atoms with Gasteiger partial charge in [0, 0.05) is 142 Å². The van der Waals surface area contributed by atoms with Gasteiger partial charge in [-0.3, -0.25) is 0 Å². The third-order valence-corrected chi connectivity index (χ3v) is 24.2. The SMILES string of the molecule is c1ccc(-c2nc(-c3ccccc3)nc(-c3ccc4oc5c(cc(-c6ccccc6)c6oc7cc(-n8c9ccccc9c9cc(-c%10cccc%11c%12ccccc%12n(-c%12ccc%13c(c%12)oc%12c%13ccc%13oc%14ccc(-c%15nc(-c%16ccccc%16)nc(-c%16cccc%17c%16sc%16ccccc%16%17)n%15)cc%14c%13%12)c%10%11)ccc98)ccc7c65)c4c3)n2)cc1. The molecule has 9 heterocycles. The average molecular weight is 1490 g/mol. The summed E-state index contributed by atoms with van der Waals surface area (Å²) in [6.45, 7) is 0. The first-order chi connectivity index (χ1) is 57.0. The molecule has 25 aromatic rings. The molecule has 0 spiro atoms. The Bertz CT molecular complexity index is 8370. The first-order valence-electron chi connectivity index (χ1n) is 38.4. The molecule has 16 aromatic carbocycles. The van der Waals surface area contributed by atoms with Crippen LogP contribution in [0.25, 0.3) is 253 Å². The number of thiophene rings is 1. The highest BCUT2D eigenvalue weighted by molar-refractivity contribution is 7.26. The van der Waals surface area contributed by atoms with Crippen molar-refractivity contribution in [2.75, 3.05) is 0 Å². The largest absolute Gasteiger partial charge is 0.456 e. The van der Waals surface area contributed by atoms with Crippen LogP contribution in [0, 0.1) is 0 Å². The van der Waals surface area contributed by atoms with Gasteiger partial charge in [0.25, 0.3) is 0 Å². The van der Waals surface area contributed by atoms with E-state index >= 15 is 0 Å². The molecule has 0 aliphatic rings. The Morgan fingerprint density at radius 3 is 1.37 bits per heavy atom. The summed E-state index contributed by atoms with van der Waals surface area (Å²) >= 11 is 1.76. The van der Waals surface area contributed by atoms with Crippen molar-refractivity contribution in [3.05, 3.63) is 340 Å². The Morgan fingerprint density at radius 1 is 0.217 bits per heavy atom. The first kappa shape index (κ1) is 63.3. The third kappa shape index (κ3) is 9.71. The predicted octanol–water partition coefficient (Wildman–Crippen LogP) is 27.6. The molecule has 534 valence electrons. The zero-order valence-electron chi connectivity index (χ0n) is 61.0. The summed E-state index contributed by atoms with van der Waals surface area (Å²) in [7, 11) is 0. The van der Waals surface area contributed by atoms with Crippen molar-refractivity contribution in [2.45, 2.75) is 0 Å². The quantitative estimate of drug-likeness (QED) is 0.130. The van der Waals surface area contributed by atoms with E-state index in [0.29, 0.717) is 34.9 Å². The standard InChI is InChI=1S/C102H56N8O4S/c1-5-21-57(22-6-1)76-56-79-78-52-62(100-104-97(58-23-7-2-8-24-58)103-98(105-100)59-25-9-3-10-26-59)40-48-84(78)112-95(79)91-74-45-43-64(54-88(74)114-94(76)91)109-81-36-16-14-30-68(81)77-51-61(39-47-83(77)109)66-32-19-33-71-67-29-13-17-37-82(67)110(92(66)71)65-42-44-69-72-46-50-86-90(93(72)113-87(69)55-65)80-53-63(41-49-85(80)111-86)101-106-99(60-27-11-4-12-28-60)107-102(108-101)75-35-20-34-73-70-31-15-18-38-89(70)115-96(73)75/h1-56H. The molecule has 0 fully saturated rings. The maximum absolute atomic E-state index is 7.21. The summed E-state index contributed by atoms with van der Waals surface area (Å²) < 4.78 is 35.2. The molecule has 0 atom stereocenters. The van der Waals surface area contributed by atoms with Crippen molar-refractivity contribution in [1.82, 2.24) is 39.0 Å². The summed E-state index contributed by atoms with van der Waals surface area (Å²) in [6, 6.07) is 119. The van der Waals surface area contributed by atoms with E-state index in [2.05, 4.69) is 228 Å². The van der Waals surface area contributed by atoms with Crippen LogP contribution in [0.3, 0.4) is 0 Å². The summed E-state index contributed by atoms with van der Waals surface area (Å²) in [6.07, 6.45) is 0. The average Bonchev–Trinajstić information content (AvgIpc) is 1.58. The molecule has 115 heavy (non-hydrogen) atoms. The summed E-state index contributed by atoms with van der Waals surface area (Å²) in [4.78, 5) is 30.9. The lowest BCUT2D eigenvalue weighted by molar-refractivity contribution is 0.662. The maximum atomic E-state index is 7.21. The van der Waals surface area contributed by atoms with Gasteiger partial charge in [-0.2, -0.15) is 0 Å². The van der Waals surface area contributed by atoms with E-state index in [1.807, 2.05) is 121 Å². The highest BCUT2D eigenvalue weighted by atomic mass is 32.1. The second-order valence-corrected chi connectivity index (χ2v) is 30.6. The topological polar surface area (TPSA) is 140 Å². The molecule has 0 N–H and O–H groups in total. The van der Waals surface area contributed by atoms with Gasteiger partial charge >= 0.3 is 0 Å². The number of fused-ring (bicyclic) bond motifs is 23. The maximum Gasteiger partial charge on any atom is 0.165 e. The molecule has 0 bridgehead atoms. The Kier molecular flexibility index (Phi) is 13.5. The number of para-hydroxylation sites is 3. The van der Waals surface area contributed by atoms with Crippen molar-refractivity contribution in [3.8, 4) is 102 Å². The van der Waals surface area contributed by atoms with Crippen molar-refractivity contribution >= 4 is 163 Å². The van der Waals surface area contributed by atoms with E-state index in [0.717, 1.165) is 203 Å². The normalized spacial score (nSPS) is 12.2. The van der Waals surface area contributed by atoms with Gasteiger partial charge in [0.15, 0.2) is 34.9 Å². The summed E-state index contributed by atoms with van der Waals surface area (Å²) in [5, 5.41) is 14.5. The Labute approximate surface area is 657 Å². The highest BCUT2D eigenvalue weighted by Gasteiger charge is 2.27. The van der Waals surface area contributed by atoms with Gasteiger partial charge in [0.2, 0.25) is 0 Å². The van der Waals surface area contributed by atoms with Gasteiger partial charge in [0.05, 0.1) is 32.8 Å². The minimum Gasteiger partial charge on any atom is -0.456 e. The Hall–Kier alpha value is -15.4. The number of hydrogen-bond donors (Lipinski definition) is 0. The molecular formula is C102H56N8O4S. The second kappa shape index (κ2) is 24.5. The van der Waals surface area contributed by atoms with Gasteiger partial charge in [0.1, 0.15) is 44.7 Å². The van der Waals surface area contributed by atoms with E-state index in [9.17, 15) is 0 Å². The van der Waals surface area contributed by atoms with Crippen molar-refractivity contribution in [3.63, 3.8) is 0 Å². The fourth-order valence-electron chi connectivity index (χ4n) is 17.8. The van der Waals surface area contributed by atoms with E-state index in [4.69, 9.17) is 47.6 Å². The fourth-order valence-corrected chi connectivity index (χ4v) is 19.0. The smallest absolute Gasteiger partial charge is 0.165 e. The van der Waals surface area contributed by atoms with Crippen molar-refractivity contribution < 1.29 is 17.7 Å². The minimum absolute atomic E-state index is 0.561. The van der Waals surface area contributed by atoms with Crippen LogP contribution in [-0.4, -0.2) is 39.0 Å². The number of rotatable bonds is 10. The van der Waals surface area contributed by atoms with Crippen LogP contribution < -0.4 is 0 Å². The van der Waals surface area contributed by atoms with Crippen LogP contribution in [-0.2, 0) is 0 Å².